The van der Waals surface area contributed by atoms with Gasteiger partial charge in [-0.25, -0.2) is 4.98 Å². The Bertz CT molecular complexity index is 4240. The van der Waals surface area contributed by atoms with Crippen molar-refractivity contribution in [2.24, 2.45) is 0 Å². The largest absolute Gasteiger partial charge is 1.00 e. The third-order valence-electron chi connectivity index (χ3n) is 15.8. The maximum Gasteiger partial charge on any atom is 1.00 e. The normalized spacial score (nSPS) is 9.82. The first-order chi connectivity index (χ1) is 54.2. The van der Waals surface area contributed by atoms with Gasteiger partial charge >= 0.3 is 66.2 Å². The van der Waals surface area contributed by atoms with Crippen molar-refractivity contribution in [3.05, 3.63) is 477 Å². The number of aromatic nitrogens is 2. The van der Waals surface area contributed by atoms with Crippen LogP contribution < -0.4 is 133 Å². The molecule has 2 heterocycles. The van der Waals surface area contributed by atoms with E-state index in [1.165, 1.54) is 63.7 Å². The van der Waals surface area contributed by atoms with E-state index in [1.54, 1.807) is 48.8 Å². The van der Waals surface area contributed by atoms with Gasteiger partial charge in [0.15, 0.2) is 0 Å². The Morgan fingerprint density at radius 2 is 0.460 bits per heavy atom. The predicted molar refractivity (Wildman–Crippen MR) is 474 cm³/mol. The summed E-state index contributed by atoms with van der Waals surface area (Å²) in [5.41, 5.74) is 2.41. The molecule has 0 aliphatic heterocycles. The van der Waals surface area contributed by atoms with Gasteiger partial charge in [0.25, 0.3) is 6.47 Å². The number of carbonyl (C=O) groups excluding carboxylic acids is 1. The average Bonchev–Trinajstić information content (AvgIpc) is 0.836. The van der Waals surface area contributed by atoms with Crippen LogP contribution in [0.4, 0.5) is 0 Å². The van der Waals surface area contributed by atoms with E-state index in [0.717, 1.165) is 11.3 Å². The third kappa shape index (κ3) is 32.3. The molecule has 16 rings (SSSR count). The number of hydrogen-bond donors (Lipinski definition) is 2. The first kappa shape index (κ1) is 93.9. The first-order valence-electron chi connectivity index (χ1n) is 35.1. The van der Waals surface area contributed by atoms with Crippen molar-refractivity contribution >= 4 is 149 Å². The van der Waals surface area contributed by atoms with Crippen LogP contribution in [0.15, 0.2) is 461 Å². The van der Waals surface area contributed by atoms with Crippen molar-refractivity contribution in [1.29, 1.82) is 0 Å². The molecule has 0 atom stereocenters. The zero-order valence-corrected chi connectivity index (χ0v) is 73.7. The summed E-state index contributed by atoms with van der Waals surface area (Å²) >= 11 is 17.0. The molecule has 0 saturated heterocycles. The van der Waals surface area contributed by atoms with Crippen molar-refractivity contribution in [2.45, 2.75) is 0 Å². The number of benzene rings is 14. The molecular weight excluding hydrogens is 1640 g/mol. The molecule has 0 aliphatic rings. The molecule has 0 aliphatic carbocycles. The molecule has 556 valence electrons. The summed E-state index contributed by atoms with van der Waals surface area (Å²) in [5, 5.41) is 43.9. The van der Waals surface area contributed by atoms with Gasteiger partial charge in [0.1, 0.15) is 5.15 Å². The zero-order chi connectivity index (χ0) is 76.8. The Kier molecular flexibility index (Phi) is 46.2. The minimum absolute atomic E-state index is 0. The maximum atomic E-state index is 8.64. The second-order valence-corrected chi connectivity index (χ2v) is 33.4. The topological polar surface area (TPSA) is 116 Å². The van der Waals surface area contributed by atoms with Gasteiger partial charge in [-0.2, -0.15) is 0 Å². The Morgan fingerprint density at radius 3 is 0.611 bits per heavy atom. The minimum Gasteiger partial charge on any atom is -1.00 e. The second-order valence-electron chi connectivity index (χ2n) is 23.3. The van der Waals surface area contributed by atoms with Gasteiger partial charge in [0, 0.05) is 38.4 Å². The molecule has 14 aromatic carbocycles. The number of halogens is 3. The van der Waals surface area contributed by atoms with Crippen LogP contribution in [0.1, 0.15) is 1.43 Å². The van der Waals surface area contributed by atoms with E-state index in [0.29, 0.717) is 20.7 Å². The van der Waals surface area contributed by atoms with E-state index in [9.17, 15) is 0 Å². The van der Waals surface area contributed by atoms with Crippen LogP contribution in [-0.4, -0.2) is 33.6 Å². The molecule has 0 fully saturated rings. The fourth-order valence-corrected chi connectivity index (χ4v) is 20.6. The quantitative estimate of drug-likeness (QED) is 0.0262. The summed E-state index contributed by atoms with van der Waals surface area (Å²) in [4.78, 5) is 19.2. The van der Waals surface area contributed by atoms with Crippen LogP contribution in [0.5, 0.6) is 0 Å². The second kappa shape index (κ2) is 55.5. The maximum absolute atomic E-state index is 8.64. The number of carbonyl (C=O) groups is 1. The van der Waals surface area contributed by atoms with E-state index < -0.39 is 38.8 Å². The first-order valence-corrected chi connectivity index (χ1v) is 41.6. The molecule has 2 aromatic heterocycles. The molecule has 7 nitrogen and oxygen atoms in total. The molecule has 2 N–H and O–H groups in total. The Balaban J connectivity index is 0.000000238. The summed E-state index contributed by atoms with van der Waals surface area (Å²) in [7, 11) is -3.13. The summed E-state index contributed by atoms with van der Waals surface area (Å²) in [6.07, 6.45) is 3.34. The van der Waals surface area contributed by atoms with E-state index in [-0.39, 0.29) is 87.4 Å². The zero-order valence-electron chi connectivity index (χ0n) is 63.3. The van der Waals surface area contributed by atoms with Crippen molar-refractivity contribution in [3.8, 4) is 11.3 Å². The summed E-state index contributed by atoms with van der Waals surface area (Å²) < 4.78 is 0. The molecular formula is C95H80BCl3N2Na2O5P4Pd. The average molecular weight is 1720 g/mol. The monoisotopic (exact) mass is 1720 g/mol. The van der Waals surface area contributed by atoms with Gasteiger partial charge in [-0.3, -0.25) is 9.78 Å². The summed E-state index contributed by atoms with van der Waals surface area (Å²) in [5.74, 6) is 0. The number of pyridine rings is 2. The summed E-state index contributed by atoms with van der Waals surface area (Å²) in [6.45, 7) is -0.181. The third-order valence-corrected chi connectivity index (χ3v) is 26.6. The molecule has 0 bridgehead atoms. The van der Waals surface area contributed by atoms with Crippen molar-refractivity contribution in [3.63, 3.8) is 0 Å². The molecule has 16 aromatic rings. The van der Waals surface area contributed by atoms with Crippen LogP contribution in [0.2, 0.25) is 15.2 Å². The van der Waals surface area contributed by atoms with Crippen molar-refractivity contribution < 1.29 is 106 Å². The van der Waals surface area contributed by atoms with Crippen LogP contribution >= 0.6 is 66.5 Å². The van der Waals surface area contributed by atoms with Gasteiger partial charge in [-0.15, -0.1) is 0 Å². The Hall–Kier alpha value is -7.95. The van der Waals surface area contributed by atoms with Gasteiger partial charge in [-0.1, -0.05) is 459 Å². The molecule has 18 heteroatoms. The van der Waals surface area contributed by atoms with Crippen LogP contribution in [0, 0.1) is 0 Å². The van der Waals surface area contributed by atoms with Gasteiger partial charge < -0.3 is 21.6 Å². The fourth-order valence-electron chi connectivity index (χ4n) is 10.9. The number of nitrogens with zero attached hydrogens (tertiary/aromatic N) is 2. The smallest absolute Gasteiger partial charge is 1.00 e. The fraction of sp³-hybridized carbons (Fsp3) is 0. The van der Waals surface area contributed by atoms with Gasteiger partial charge in [0.2, 0.25) is 0 Å². The SMILES string of the molecule is Clc1cccnc1-c1ccccc1.Clc1cccnc1Cl.O=CO[O-].OB(O)c1ccccc1.[H-].[Na+].[Na+].[Pd].c1ccc(P(c2ccccc2)c2ccccc2)cc1.c1ccc(P(c2ccccc2)c2ccccc2)cc1.c1ccc(P(c2ccccc2)c2ccccc2)cc1.c1ccc(P(c2ccccc2)c2ccccc2)cc1. The minimum atomic E-state index is -1.34. The number of hydrogen-bond acceptors (Lipinski definition) is 7. The predicted octanol–water partition coefficient (Wildman–Crippen LogP) is 11.5. The van der Waals surface area contributed by atoms with E-state index >= 15 is 0 Å². The van der Waals surface area contributed by atoms with E-state index in [1.807, 2.05) is 48.5 Å². The van der Waals surface area contributed by atoms with Gasteiger partial charge in [0.05, 0.1) is 15.7 Å². The Labute approximate surface area is 745 Å². The van der Waals surface area contributed by atoms with E-state index in [4.69, 9.17) is 54.9 Å². The van der Waals surface area contributed by atoms with Crippen molar-refractivity contribution in [2.75, 3.05) is 0 Å². The van der Waals surface area contributed by atoms with E-state index in [2.05, 4.69) is 379 Å². The molecule has 0 saturated carbocycles. The van der Waals surface area contributed by atoms with Crippen LogP contribution in [-0.2, 0) is 30.1 Å². The molecule has 0 spiro atoms. The Morgan fingerprint density at radius 1 is 0.283 bits per heavy atom. The number of rotatable bonds is 15. The van der Waals surface area contributed by atoms with Crippen LogP contribution in [0.3, 0.4) is 0 Å². The van der Waals surface area contributed by atoms with Crippen LogP contribution in [0.25, 0.3) is 11.3 Å². The van der Waals surface area contributed by atoms with Gasteiger partial charge in [-0.05, 0) is 125 Å². The summed E-state index contributed by atoms with van der Waals surface area (Å²) in [6, 6.07) is 155. The van der Waals surface area contributed by atoms with Crippen molar-refractivity contribution in [1.82, 2.24) is 9.97 Å². The standard InChI is InChI=1S/4C18H15P.C11H8ClN.C6H7BO2.C5H3Cl2N.CH2O3.2Na.Pd.H/c4*1-4-10-16(11-5-1)19(17-12-6-2-7-13-17)18-14-8-3-9-15-18;12-10-7-4-8-13-11(10)9-5-2-1-3-6-9;8-7(9)6-4-2-1-3-5-6;6-4-2-1-3-8-5(4)7;2-1-4-3;;;;/h4*1-15H;1-8H;1-5,8-9H;1-3H;1,3H;;;;/q;;;;;;;;2*+1;;-1/p-1. The molecule has 0 radical (unpaired) electrons. The molecule has 0 amide bonds. The molecule has 0 unspecified atom stereocenters. The molecule has 113 heavy (non-hydrogen) atoms.